The van der Waals surface area contributed by atoms with Crippen LogP contribution < -0.4 is 4.74 Å². The average Bonchev–Trinajstić information content (AvgIpc) is 2.08. The van der Waals surface area contributed by atoms with Crippen LogP contribution in [0.25, 0.3) is 0 Å². The monoisotopic (exact) mass is 196 g/mol. The Bertz CT molecular complexity index is 382. The van der Waals surface area contributed by atoms with E-state index >= 15 is 0 Å². The first-order valence-electron chi connectivity index (χ1n) is 4.02. The van der Waals surface area contributed by atoms with Crippen molar-refractivity contribution in [2.24, 2.45) is 0 Å². The van der Waals surface area contributed by atoms with Crippen LogP contribution in [0.15, 0.2) is 6.07 Å². The number of hydrogen-bond acceptors (Lipinski definition) is 2. The minimum atomic E-state index is -0.977. The summed E-state index contributed by atoms with van der Waals surface area (Å²) < 4.78 is 30.7. The molecule has 14 heavy (non-hydrogen) atoms. The topological polar surface area (TPSA) is 33.0 Å². The van der Waals surface area contributed by atoms with Gasteiger partial charge in [0.05, 0.1) is 12.2 Å². The summed E-state index contributed by atoms with van der Waals surface area (Å²) in [4.78, 5) is 0. The Labute approximate surface area is 80.7 Å². The largest absolute Gasteiger partial charge is 0.487 e. The molecule has 1 aromatic rings. The Kier molecular flexibility index (Phi) is 3.03. The molecule has 0 saturated carbocycles. The summed E-state index contributed by atoms with van der Waals surface area (Å²) in [6, 6.07) is 4.36. The first-order chi connectivity index (χ1) is 6.54. The molecule has 0 heterocycles. The van der Waals surface area contributed by atoms with Gasteiger partial charge in [0.15, 0.2) is 11.6 Å². The molecule has 0 unspecified atom stereocenters. The Morgan fingerprint density at radius 2 is 2.14 bits per heavy atom. The lowest BCUT2D eigenvalue weighted by Crippen LogP contribution is -2.08. The summed E-state index contributed by atoms with van der Waals surface area (Å²) >= 11 is 0. The second kappa shape index (κ2) is 4.05. The molecule has 0 atom stereocenters. The van der Waals surface area contributed by atoms with Crippen LogP contribution in [0.4, 0.5) is 8.78 Å². The van der Waals surface area contributed by atoms with Crippen LogP contribution in [-0.4, -0.2) is 6.10 Å². The van der Waals surface area contributed by atoms with Crippen molar-refractivity contribution in [3.63, 3.8) is 0 Å². The summed E-state index contributed by atoms with van der Waals surface area (Å²) in [6.45, 7) is 3.37. The molecule has 1 rings (SSSR count). The van der Waals surface area contributed by atoms with Gasteiger partial charge >= 0.3 is 0 Å². The van der Waals surface area contributed by atoms with E-state index in [1.807, 2.05) is 6.07 Å². The first-order valence-corrected chi connectivity index (χ1v) is 4.02. The molecule has 1 radical (unpaired) electrons. The van der Waals surface area contributed by atoms with Gasteiger partial charge in [0, 0.05) is 0 Å². The van der Waals surface area contributed by atoms with Crippen LogP contribution in [0.1, 0.15) is 19.4 Å². The molecule has 0 aromatic heterocycles. The van der Waals surface area contributed by atoms with Gasteiger partial charge in [-0.05, 0) is 19.9 Å². The Balaban J connectivity index is 3.20. The molecule has 73 valence electrons. The van der Waals surface area contributed by atoms with Crippen molar-refractivity contribution in [2.75, 3.05) is 0 Å². The second-order valence-corrected chi connectivity index (χ2v) is 2.95. The zero-order valence-electron chi connectivity index (χ0n) is 7.77. The highest BCUT2D eigenvalue weighted by atomic mass is 19.1. The number of rotatable bonds is 2. The van der Waals surface area contributed by atoms with Crippen molar-refractivity contribution in [3.8, 4) is 11.8 Å². The molecule has 0 aliphatic heterocycles. The van der Waals surface area contributed by atoms with Gasteiger partial charge in [-0.2, -0.15) is 5.26 Å². The van der Waals surface area contributed by atoms with Crippen molar-refractivity contribution < 1.29 is 13.5 Å². The van der Waals surface area contributed by atoms with Gasteiger partial charge < -0.3 is 4.74 Å². The number of nitriles is 1. The van der Waals surface area contributed by atoms with E-state index in [0.29, 0.717) is 0 Å². The second-order valence-electron chi connectivity index (χ2n) is 2.95. The summed E-state index contributed by atoms with van der Waals surface area (Å²) in [7, 11) is 0. The lowest BCUT2D eigenvalue weighted by atomic mass is 10.2. The fourth-order valence-electron chi connectivity index (χ4n) is 0.942. The van der Waals surface area contributed by atoms with Crippen LogP contribution in [0.5, 0.6) is 5.75 Å². The summed E-state index contributed by atoms with van der Waals surface area (Å²) in [5.41, 5.74) is -0.160. The Hall–Kier alpha value is -1.63. The van der Waals surface area contributed by atoms with Crippen molar-refractivity contribution in [3.05, 3.63) is 29.3 Å². The fourth-order valence-corrected chi connectivity index (χ4v) is 0.942. The first kappa shape index (κ1) is 10.5. The zero-order chi connectivity index (χ0) is 10.7. The molecule has 0 bridgehead atoms. The molecule has 0 aliphatic rings. The summed E-state index contributed by atoms with van der Waals surface area (Å²) in [6.07, 6.45) is -0.282. The molecular weight excluding hydrogens is 188 g/mol. The maximum Gasteiger partial charge on any atom is 0.177 e. The van der Waals surface area contributed by atoms with Crippen LogP contribution in [-0.2, 0) is 0 Å². The molecule has 0 saturated heterocycles. The van der Waals surface area contributed by atoms with E-state index in [1.165, 1.54) is 0 Å². The van der Waals surface area contributed by atoms with Gasteiger partial charge in [-0.15, -0.1) is 0 Å². The van der Waals surface area contributed by atoms with Crippen molar-refractivity contribution >= 4 is 0 Å². The standard InChI is InChI=1S/C10H8F2NO/c1-6(2)14-10-7(5-13)3-8(11)4-9(10)12/h3,6H,1-2H3. The zero-order valence-corrected chi connectivity index (χ0v) is 7.77. The van der Waals surface area contributed by atoms with Crippen LogP contribution in [0.2, 0.25) is 0 Å². The number of benzene rings is 1. The normalized spacial score (nSPS) is 10.0. The molecule has 1 aromatic carbocycles. The van der Waals surface area contributed by atoms with Gasteiger partial charge in [-0.3, -0.25) is 0 Å². The van der Waals surface area contributed by atoms with Crippen molar-refractivity contribution in [1.82, 2.24) is 0 Å². The number of hydrogen-bond donors (Lipinski definition) is 0. The predicted molar refractivity (Wildman–Crippen MR) is 45.7 cm³/mol. The molecule has 4 heteroatoms. The maximum atomic E-state index is 13.1. The summed E-state index contributed by atoms with van der Waals surface area (Å²) in [5, 5.41) is 8.60. The van der Waals surface area contributed by atoms with E-state index in [1.54, 1.807) is 19.9 Å². The van der Waals surface area contributed by atoms with Crippen LogP contribution in [0.3, 0.4) is 0 Å². The van der Waals surface area contributed by atoms with Crippen molar-refractivity contribution in [1.29, 1.82) is 5.26 Å². The van der Waals surface area contributed by atoms with Crippen LogP contribution in [0, 0.1) is 29.0 Å². The Morgan fingerprint density at radius 3 is 2.64 bits per heavy atom. The third-order valence-electron chi connectivity index (χ3n) is 1.42. The SMILES string of the molecule is CC(C)Oc1c(F)[c]c(F)cc1C#N. The van der Waals surface area contributed by atoms with Crippen molar-refractivity contribution in [2.45, 2.75) is 20.0 Å². The molecular formula is C10H8F2NO. The van der Waals surface area contributed by atoms with E-state index in [9.17, 15) is 8.78 Å². The molecule has 0 spiro atoms. The minimum Gasteiger partial charge on any atom is -0.487 e. The Morgan fingerprint density at radius 1 is 1.50 bits per heavy atom. The average molecular weight is 196 g/mol. The predicted octanol–water partition coefficient (Wildman–Crippen LogP) is 2.42. The van der Waals surface area contributed by atoms with Crippen LogP contribution >= 0.6 is 0 Å². The van der Waals surface area contributed by atoms with E-state index in [2.05, 4.69) is 0 Å². The van der Waals surface area contributed by atoms with E-state index in [-0.39, 0.29) is 17.4 Å². The van der Waals surface area contributed by atoms with Gasteiger partial charge in [-0.25, -0.2) is 8.78 Å². The lowest BCUT2D eigenvalue weighted by molar-refractivity contribution is 0.229. The number of ether oxygens (including phenoxy) is 1. The van der Waals surface area contributed by atoms with E-state index < -0.39 is 11.6 Å². The molecule has 0 fully saturated rings. The number of halogens is 2. The molecule has 0 aliphatic carbocycles. The summed E-state index contributed by atoms with van der Waals surface area (Å²) in [5.74, 6) is -2.13. The van der Waals surface area contributed by atoms with Gasteiger partial charge in [0.1, 0.15) is 17.4 Å². The molecule has 0 N–H and O–H groups in total. The number of nitrogens with zero attached hydrogens (tertiary/aromatic N) is 1. The maximum absolute atomic E-state index is 13.1. The molecule has 2 nitrogen and oxygen atoms in total. The lowest BCUT2D eigenvalue weighted by Gasteiger charge is -2.11. The van der Waals surface area contributed by atoms with E-state index in [0.717, 1.165) is 6.07 Å². The smallest absolute Gasteiger partial charge is 0.177 e. The third kappa shape index (κ3) is 2.19. The quantitative estimate of drug-likeness (QED) is 0.727. The highest BCUT2D eigenvalue weighted by molar-refractivity contribution is 5.43. The van der Waals surface area contributed by atoms with Gasteiger partial charge in [0.25, 0.3) is 0 Å². The highest BCUT2D eigenvalue weighted by Crippen LogP contribution is 2.24. The van der Waals surface area contributed by atoms with Gasteiger partial charge in [0.2, 0.25) is 0 Å². The molecule has 0 amide bonds. The third-order valence-corrected chi connectivity index (χ3v) is 1.42. The van der Waals surface area contributed by atoms with E-state index in [4.69, 9.17) is 10.00 Å². The highest BCUT2D eigenvalue weighted by Gasteiger charge is 2.14. The fraction of sp³-hybridized carbons (Fsp3) is 0.300. The minimum absolute atomic E-state index is 0.160. The van der Waals surface area contributed by atoms with Gasteiger partial charge in [-0.1, -0.05) is 0 Å².